The number of nitrogens with zero attached hydrogens (tertiary/aromatic N) is 1. The number of fused-ring (bicyclic) bond motifs is 1. The Hall–Kier alpha value is -1.61. The second-order valence-corrected chi connectivity index (χ2v) is 5.04. The van der Waals surface area contributed by atoms with Gasteiger partial charge in [0.2, 0.25) is 0 Å². The van der Waals surface area contributed by atoms with Crippen LogP contribution in [-0.2, 0) is 0 Å². The zero-order valence-electron chi connectivity index (χ0n) is 9.37. The number of aromatic amines is 1. The molecular formula is C14H11BrN2. The van der Waals surface area contributed by atoms with Gasteiger partial charge >= 0.3 is 0 Å². The molecule has 0 saturated carbocycles. The van der Waals surface area contributed by atoms with Crippen molar-refractivity contribution in [3.05, 3.63) is 52.8 Å². The summed E-state index contributed by atoms with van der Waals surface area (Å²) in [6.45, 7) is 2.10. The van der Waals surface area contributed by atoms with Crippen molar-refractivity contribution in [2.24, 2.45) is 0 Å². The number of aryl methyl sites for hydroxylation is 1. The van der Waals surface area contributed by atoms with Crippen LogP contribution in [0.5, 0.6) is 0 Å². The van der Waals surface area contributed by atoms with Crippen molar-refractivity contribution in [2.45, 2.75) is 6.92 Å². The summed E-state index contributed by atoms with van der Waals surface area (Å²) in [5, 5.41) is 1.14. The maximum atomic E-state index is 4.35. The first-order valence-electron chi connectivity index (χ1n) is 5.44. The molecule has 17 heavy (non-hydrogen) atoms. The fourth-order valence-electron chi connectivity index (χ4n) is 2.03. The van der Waals surface area contributed by atoms with E-state index in [1.54, 1.807) is 6.20 Å². The fraction of sp³-hybridized carbons (Fsp3) is 0.0714. The lowest BCUT2D eigenvalue weighted by atomic mass is 10.0. The number of rotatable bonds is 1. The minimum atomic E-state index is 0.921. The van der Waals surface area contributed by atoms with Crippen LogP contribution in [-0.4, -0.2) is 9.97 Å². The van der Waals surface area contributed by atoms with Crippen LogP contribution in [0.2, 0.25) is 0 Å². The predicted octanol–water partition coefficient (Wildman–Crippen LogP) is 4.30. The Labute approximate surface area is 108 Å². The first kappa shape index (κ1) is 10.5. The van der Waals surface area contributed by atoms with Crippen LogP contribution in [0.15, 0.2) is 47.2 Å². The van der Waals surface area contributed by atoms with Crippen LogP contribution < -0.4 is 0 Å². The molecule has 1 aromatic carbocycles. The normalized spacial score (nSPS) is 10.9. The average molecular weight is 287 g/mol. The Bertz CT molecular complexity index is 686. The largest absolute Gasteiger partial charge is 0.346 e. The molecule has 0 atom stereocenters. The van der Waals surface area contributed by atoms with Gasteiger partial charge in [0, 0.05) is 27.8 Å². The number of hydrogen-bond donors (Lipinski definition) is 1. The second kappa shape index (κ2) is 4.00. The minimum absolute atomic E-state index is 0.921. The Morgan fingerprint density at radius 3 is 2.94 bits per heavy atom. The van der Waals surface area contributed by atoms with Crippen LogP contribution >= 0.6 is 15.9 Å². The smallest absolute Gasteiger partial charge is 0.137 e. The molecule has 0 unspecified atom stereocenters. The lowest BCUT2D eigenvalue weighted by Gasteiger charge is -2.01. The topological polar surface area (TPSA) is 28.7 Å². The van der Waals surface area contributed by atoms with Crippen molar-refractivity contribution in [2.75, 3.05) is 0 Å². The van der Waals surface area contributed by atoms with E-state index in [9.17, 15) is 0 Å². The Kier molecular flexibility index (Phi) is 2.48. The maximum absolute atomic E-state index is 4.35. The van der Waals surface area contributed by atoms with Crippen LogP contribution in [0.4, 0.5) is 0 Å². The molecule has 0 bridgehead atoms. The zero-order chi connectivity index (χ0) is 11.8. The molecule has 84 valence electrons. The summed E-state index contributed by atoms with van der Waals surface area (Å²) in [7, 11) is 0. The summed E-state index contributed by atoms with van der Waals surface area (Å²) >= 11 is 3.46. The van der Waals surface area contributed by atoms with Gasteiger partial charge in [-0.3, -0.25) is 0 Å². The van der Waals surface area contributed by atoms with Crippen LogP contribution in [0.1, 0.15) is 5.56 Å². The number of pyridine rings is 1. The first-order valence-corrected chi connectivity index (χ1v) is 6.23. The van der Waals surface area contributed by atoms with E-state index in [0.29, 0.717) is 0 Å². The summed E-state index contributed by atoms with van der Waals surface area (Å²) in [4.78, 5) is 7.55. The van der Waals surface area contributed by atoms with Gasteiger partial charge in [0.15, 0.2) is 0 Å². The lowest BCUT2D eigenvalue weighted by Crippen LogP contribution is -1.79. The van der Waals surface area contributed by atoms with Crippen molar-refractivity contribution in [3.63, 3.8) is 0 Å². The molecule has 0 fully saturated rings. The molecule has 0 aliphatic heterocycles. The zero-order valence-corrected chi connectivity index (χ0v) is 11.0. The van der Waals surface area contributed by atoms with Gasteiger partial charge in [0.25, 0.3) is 0 Å². The predicted molar refractivity (Wildman–Crippen MR) is 74.0 cm³/mol. The van der Waals surface area contributed by atoms with E-state index < -0.39 is 0 Å². The molecule has 0 aliphatic carbocycles. The molecule has 2 heterocycles. The molecule has 1 N–H and O–H groups in total. The summed E-state index contributed by atoms with van der Waals surface area (Å²) in [6.07, 6.45) is 3.82. The van der Waals surface area contributed by atoms with Crippen molar-refractivity contribution < 1.29 is 0 Å². The average Bonchev–Trinajstić information content (AvgIpc) is 2.71. The fourth-order valence-corrected chi connectivity index (χ4v) is 2.36. The monoisotopic (exact) mass is 286 g/mol. The van der Waals surface area contributed by atoms with Crippen LogP contribution in [0.25, 0.3) is 22.2 Å². The van der Waals surface area contributed by atoms with Crippen LogP contribution in [0.3, 0.4) is 0 Å². The van der Waals surface area contributed by atoms with Gasteiger partial charge in [-0.2, -0.15) is 0 Å². The van der Waals surface area contributed by atoms with Gasteiger partial charge < -0.3 is 4.98 Å². The summed E-state index contributed by atoms with van der Waals surface area (Å²) < 4.78 is 0.999. The number of aromatic nitrogens is 2. The van der Waals surface area contributed by atoms with Crippen molar-refractivity contribution >= 4 is 27.0 Å². The van der Waals surface area contributed by atoms with E-state index in [-0.39, 0.29) is 0 Å². The molecule has 2 nitrogen and oxygen atoms in total. The highest BCUT2D eigenvalue weighted by molar-refractivity contribution is 9.10. The molecule has 3 aromatic rings. The number of benzene rings is 1. The standard InChI is InChI=1S/C14H11BrN2/c1-9-3-2-4-10(5-9)13-8-17-14-12(13)6-11(15)7-16-14/h2-8H,1H3,(H,16,17). The number of halogens is 1. The van der Waals surface area contributed by atoms with Gasteiger partial charge in [0.1, 0.15) is 5.65 Å². The van der Waals surface area contributed by atoms with Gasteiger partial charge in [0.05, 0.1) is 0 Å². The molecule has 0 aliphatic rings. The van der Waals surface area contributed by atoms with Gasteiger partial charge in [-0.05, 0) is 34.5 Å². The summed E-state index contributed by atoms with van der Waals surface area (Å²) in [5.41, 5.74) is 4.60. The second-order valence-electron chi connectivity index (χ2n) is 4.12. The first-order chi connectivity index (χ1) is 8.24. The molecule has 0 spiro atoms. The Morgan fingerprint density at radius 1 is 1.24 bits per heavy atom. The number of nitrogens with one attached hydrogen (secondary N) is 1. The third-order valence-electron chi connectivity index (χ3n) is 2.83. The molecule has 0 amide bonds. The van der Waals surface area contributed by atoms with Gasteiger partial charge in [-0.25, -0.2) is 4.98 Å². The van der Waals surface area contributed by atoms with E-state index >= 15 is 0 Å². The van der Waals surface area contributed by atoms with Crippen molar-refractivity contribution in [1.82, 2.24) is 9.97 Å². The van der Waals surface area contributed by atoms with E-state index in [0.717, 1.165) is 15.5 Å². The van der Waals surface area contributed by atoms with E-state index in [1.165, 1.54) is 16.7 Å². The third kappa shape index (κ3) is 1.87. The van der Waals surface area contributed by atoms with Crippen LogP contribution in [0, 0.1) is 6.92 Å². The minimum Gasteiger partial charge on any atom is -0.346 e. The van der Waals surface area contributed by atoms with Crippen molar-refractivity contribution in [1.29, 1.82) is 0 Å². The Morgan fingerprint density at radius 2 is 2.12 bits per heavy atom. The lowest BCUT2D eigenvalue weighted by molar-refractivity contribution is 1.31. The highest BCUT2D eigenvalue weighted by Crippen LogP contribution is 2.29. The highest BCUT2D eigenvalue weighted by atomic mass is 79.9. The highest BCUT2D eigenvalue weighted by Gasteiger charge is 2.07. The molecule has 0 radical (unpaired) electrons. The quantitative estimate of drug-likeness (QED) is 0.710. The summed E-state index contributed by atoms with van der Waals surface area (Å²) in [6, 6.07) is 10.6. The molecule has 2 aromatic heterocycles. The van der Waals surface area contributed by atoms with E-state index in [4.69, 9.17) is 0 Å². The molecule has 3 heteroatoms. The number of hydrogen-bond acceptors (Lipinski definition) is 1. The molecule has 0 saturated heterocycles. The maximum Gasteiger partial charge on any atom is 0.137 e. The van der Waals surface area contributed by atoms with Crippen molar-refractivity contribution in [3.8, 4) is 11.1 Å². The molecular weight excluding hydrogens is 276 g/mol. The SMILES string of the molecule is Cc1cccc(-c2c[nH]c3ncc(Br)cc23)c1. The van der Waals surface area contributed by atoms with E-state index in [2.05, 4.69) is 63.2 Å². The van der Waals surface area contributed by atoms with Gasteiger partial charge in [-0.1, -0.05) is 29.8 Å². The van der Waals surface area contributed by atoms with Gasteiger partial charge in [-0.15, -0.1) is 0 Å². The third-order valence-corrected chi connectivity index (χ3v) is 3.26. The van der Waals surface area contributed by atoms with E-state index in [1.807, 2.05) is 6.20 Å². The molecule has 3 rings (SSSR count). The summed E-state index contributed by atoms with van der Waals surface area (Å²) in [5.74, 6) is 0. The number of H-pyrrole nitrogens is 1. The Balaban J connectivity index is 2.27.